The third kappa shape index (κ3) is 5.33. The van der Waals surface area contributed by atoms with E-state index in [0.29, 0.717) is 5.11 Å². The summed E-state index contributed by atoms with van der Waals surface area (Å²) in [6.45, 7) is 15.0. The number of hydrazone groups is 1. The van der Waals surface area contributed by atoms with Gasteiger partial charge in [-0.1, -0.05) is 26.8 Å². The molecule has 3 rings (SSSR count). The number of pyridine rings is 1. The van der Waals surface area contributed by atoms with Crippen LogP contribution in [-0.2, 0) is 9.47 Å². The van der Waals surface area contributed by atoms with Gasteiger partial charge in [0.1, 0.15) is 7.36 Å². The van der Waals surface area contributed by atoms with Crippen LogP contribution in [0.1, 0.15) is 33.4 Å². The molecule has 8 nitrogen and oxygen atoms in total. The summed E-state index contributed by atoms with van der Waals surface area (Å²) >= 11 is 5.68. The Morgan fingerprint density at radius 3 is 2.10 bits per heavy atom. The molecule has 0 bridgehead atoms. The second-order valence-corrected chi connectivity index (χ2v) is 12.5. The van der Waals surface area contributed by atoms with Crippen LogP contribution >= 0.6 is 19.6 Å². The first-order valence-corrected chi connectivity index (χ1v) is 12.4. The fourth-order valence-corrected chi connectivity index (χ4v) is 8.62. The fraction of sp³-hybridized carbons (Fsp3) is 0.650. The Kier molecular flexibility index (Phi) is 8.12. The molecule has 2 saturated heterocycles. The third-order valence-corrected chi connectivity index (χ3v) is 10.2. The standard InChI is InChI=1S/C20H33N6O2PS/c1-17(18-7-5-6-8-21-18)22-23-19(30)24-29(20(2,3)4,25-9-13-27-14-10-25)26-11-15-28-16-12-26/h5-8H,9-16H2,1-4H3,(H,23,30)/b22-17+. The molecule has 0 unspecified atom stereocenters. The minimum absolute atomic E-state index is 0.0901. The van der Waals surface area contributed by atoms with Gasteiger partial charge in [0, 0.05) is 37.5 Å². The molecule has 0 saturated carbocycles. The molecule has 0 atom stereocenters. The monoisotopic (exact) mass is 452 g/mol. The highest BCUT2D eigenvalue weighted by atomic mass is 32.1. The molecule has 1 N–H and O–H groups in total. The van der Waals surface area contributed by atoms with Gasteiger partial charge in [0.05, 0.1) is 37.8 Å². The maximum absolute atomic E-state index is 5.68. The van der Waals surface area contributed by atoms with Gasteiger partial charge in [-0.25, -0.2) is 4.74 Å². The molecule has 1 aromatic heterocycles. The highest BCUT2D eigenvalue weighted by molar-refractivity contribution is 7.81. The van der Waals surface area contributed by atoms with Gasteiger partial charge in [-0.05, 0) is 31.3 Å². The van der Waals surface area contributed by atoms with E-state index in [-0.39, 0.29) is 5.16 Å². The summed E-state index contributed by atoms with van der Waals surface area (Å²) in [5.41, 5.74) is 4.59. The zero-order valence-electron chi connectivity index (χ0n) is 18.4. The lowest BCUT2D eigenvalue weighted by Gasteiger charge is -2.52. The molecule has 2 fully saturated rings. The number of hydrogen-bond donors (Lipinski definition) is 1. The van der Waals surface area contributed by atoms with Crippen molar-refractivity contribution in [3.8, 4) is 0 Å². The Morgan fingerprint density at radius 1 is 1.07 bits per heavy atom. The average Bonchev–Trinajstić information content (AvgIpc) is 2.76. The van der Waals surface area contributed by atoms with Crippen LogP contribution in [0, 0.1) is 0 Å². The summed E-state index contributed by atoms with van der Waals surface area (Å²) in [4.78, 5) is 4.34. The highest BCUT2D eigenvalue weighted by Gasteiger charge is 2.45. The lowest BCUT2D eigenvalue weighted by Crippen LogP contribution is -2.48. The lowest BCUT2D eigenvalue weighted by atomic mass is 10.3. The van der Waals surface area contributed by atoms with Crippen molar-refractivity contribution < 1.29 is 9.47 Å². The minimum atomic E-state index is -2.18. The van der Waals surface area contributed by atoms with Crippen molar-refractivity contribution in [1.82, 2.24) is 19.8 Å². The van der Waals surface area contributed by atoms with Gasteiger partial charge in [-0.3, -0.25) is 19.8 Å². The van der Waals surface area contributed by atoms with Crippen LogP contribution in [0.3, 0.4) is 0 Å². The highest BCUT2D eigenvalue weighted by Crippen LogP contribution is 2.66. The number of nitrogens with one attached hydrogen (secondary N) is 1. The molecule has 0 aromatic carbocycles. The molecule has 0 aliphatic carbocycles. The quantitative estimate of drug-likeness (QED) is 0.326. The Bertz CT molecular complexity index is 777. The number of ether oxygens (including phenoxy) is 2. The third-order valence-electron chi connectivity index (χ3n) is 5.25. The van der Waals surface area contributed by atoms with Crippen molar-refractivity contribution >= 4 is 30.4 Å². The van der Waals surface area contributed by atoms with Crippen LogP contribution in [0.25, 0.3) is 0 Å². The Balaban J connectivity index is 1.95. The molecular formula is C20H33N6O2PS. The maximum Gasteiger partial charge on any atom is 0.214 e. The molecule has 0 amide bonds. The first-order chi connectivity index (χ1) is 14.3. The van der Waals surface area contributed by atoms with E-state index in [1.165, 1.54) is 0 Å². The van der Waals surface area contributed by atoms with Crippen molar-refractivity contribution in [2.45, 2.75) is 32.9 Å². The van der Waals surface area contributed by atoms with Crippen LogP contribution in [-0.4, -0.2) is 82.9 Å². The molecule has 10 heteroatoms. The molecule has 30 heavy (non-hydrogen) atoms. The van der Waals surface area contributed by atoms with E-state index in [4.69, 9.17) is 26.4 Å². The normalized spacial score (nSPS) is 20.1. The van der Waals surface area contributed by atoms with Crippen LogP contribution in [0.5, 0.6) is 0 Å². The average molecular weight is 453 g/mol. The molecule has 1 aromatic rings. The minimum Gasteiger partial charge on any atom is -0.379 e. The summed E-state index contributed by atoms with van der Waals surface area (Å²) in [5, 5.41) is 4.77. The SMILES string of the molecule is C/C(=N\NC(=S)N=P(N1CCOCC1)(N1CCOCC1)C(C)(C)C)c1ccccn1. The molecule has 2 aliphatic heterocycles. The molecule has 0 spiro atoms. The second kappa shape index (κ2) is 10.4. The van der Waals surface area contributed by atoms with E-state index in [0.717, 1.165) is 64.0 Å². The van der Waals surface area contributed by atoms with E-state index in [2.05, 4.69) is 45.6 Å². The predicted molar refractivity (Wildman–Crippen MR) is 126 cm³/mol. The van der Waals surface area contributed by atoms with Gasteiger partial charge >= 0.3 is 0 Å². The van der Waals surface area contributed by atoms with Crippen LogP contribution in [0.2, 0.25) is 0 Å². The zero-order chi connectivity index (χ0) is 21.6. The van der Waals surface area contributed by atoms with Gasteiger partial charge in [0.15, 0.2) is 0 Å². The number of thiocarbonyl (C=S) groups is 1. The Morgan fingerprint density at radius 2 is 1.63 bits per heavy atom. The Labute approximate surface area is 185 Å². The second-order valence-electron chi connectivity index (χ2n) is 8.30. The summed E-state index contributed by atoms with van der Waals surface area (Å²) < 4.78 is 21.5. The van der Waals surface area contributed by atoms with E-state index >= 15 is 0 Å². The first-order valence-electron chi connectivity index (χ1n) is 10.4. The van der Waals surface area contributed by atoms with Gasteiger partial charge in [-0.2, -0.15) is 5.10 Å². The fourth-order valence-electron chi connectivity index (χ4n) is 3.88. The van der Waals surface area contributed by atoms with Crippen molar-refractivity contribution in [1.29, 1.82) is 0 Å². The summed E-state index contributed by atoms with van der Waals surface area (Å²) in [7, 11) is -2.18. The van der Waals surface area contributed by atoms with Gasteiger partial charge in [0.2, 0.25) is 5.11 Å². The van der Waals surface area contributed by atoms with E-state index in [1.807, 2.05) is 25.1 Å². The van der Waals surface area contributed by atoms with Crippen molar-refractivity contribution in [3.05, 3.63) is 30.1 Å². The van der Waals surface area contributed by atoms with Crippen LogP contribution in [0.15, 0.2) is 34.2 Å². The predicted octanol–water partition coefficient (Wildman–Crippen LogP) is 3.17. The molecule has 2 aliphatic rings. The molecule has 3 heterocycles. The van der Waals surface area contributed by atoms with Gasteiger partial charge in [-0.15, -0.1) is 0 Å². The smallest absolute Gasteiger partial charge is 0.214 e. The van der Waals surface area contributed by atoms with E-state index in [9.17, 15) is 0 Å². The van der Waals surface area contributed by atoms with Crippen LogP contribution < -0.4 is 5.43 Å². The Hall–Kier alpha value is -1.22. The van der Waals surface area contributed by atoms with E-state index < -0.39 is 7.36 Å². The van der Waals surface area contributed by atoms with Crippen molar-refractivity contribution in [2.24, 2.45) is 9.85 Å². The van der Waals surface area contributed by atoms with Crippen LogP contribution in [0.4, 0.5) is 0 Å². The number of nitrogens with zero attached hydrogens (tertiary/aromatic N) is 5. The summed E-state index contributed by atoms with van der Waals surface area (Å²) in [6.07, 6.45) is 1.75. The molecule has 0 radical (unpaired) electrons. The van der Waals surface area contributed by atoms with Gasteiger partial charge in [0.25, 0.3) is 0 Å². The summed E-state index contributed by atoms with van der Waals surface area (Å²) in [6, 6.07) is 5.75. The number of rotatable bonds is 4. The maximum atomic E-state index is 5.68. The number of hydrogen-bond acceptors (Lipinski definition) is 5. The zero-order valence-corrected chi connectivity index (χ0v) is 20.1. The number of morpholine rings is 2. The van der Waals surface area contributed by atoms with Crippen molar-refractivity contribution in [3.63, 3.8) is 0 Å². The lowest BCUT2D eigenvalue weighted by molar-refractivity contribution is 0.0551. The first kappa shape index (κ1) is 23.4. The molecule has 166 valence electrons. The van der Waals surface area contributed by atoms with Gasteiger partial charge < -0.3 is 9.47 Å². The van der Waals surface area contributed by atoms with Crippen molar-refractivity contribution in [2.75, 3.05) is 52.6 Å². The van der Waals surface area contributed by atoms with E-state index in [1.54, 1.807) is 6.20 Å². The molecular weight excluding hydrogens is 419 g/mol. The number of aromatic nitrogens is 1. The largest absolute Gasteiger partial charge is 0.379 e. The summed E-state index contributed by atoms with van der Waals surface area (Å²) in [5.74, 6) is 0. The topological polar surface area (TPSA) is 74.6 Å².